The molecule has 1 aromatic rings. The fourth-order valence-corrected chi connectivity index (χ4v) is 1.07. The summed E-state index contributed by atoms with van der Waals surface area (Å²) in [5.41, 5.74) is 5.45. The first kappa shape index (κ1) is 9.25. The van der Waals surface area contributed by atoms with Gasteiger partial charge in [-0.2, -0.15) is 5.10 Å². The van der Waals surface area contributed by atoms with Gasteiger partial charge in [0.2, 0.25) is 0 Å². The third-order valence-electron chi connectivity index (χ3n) is 1.62. The van der Waals surface area contributed by atoms with Crippen molar-refractivity contribution in [2.24, 2.45) is 5.10 Å². The monoisotopic (exact) mass is 178 g/mol. The van der Waals surface area contributed by atoms with Crippen molar-refractivity contribution in [2.45, 2.75) is 6.54 Å². The van der Waals surface area contributed by atoms with Crippen molar-refractivity contribution in [3.63, 3.8) is 0 Å². The molecule has 2 rings (SSSR count). The van der Waals surface area contributed by atoms with Gasteiger partial charge in [0.15, 0.2) is 0 Å². The number of fused-ring (bicyclic) bond motifs is 1. The molecule has 0 unspecified atom stereocenters. The molecule has 1 heterocycles. The van der Waals surface area contributed by atoms with E-state index in [1.807, 2.05) is 18.3 Å². The Morgan fingerprint density at radius 3 is 2.85 bits per heavy atom. The molecule has 4 nitrogen and oxygen atoms in total. The van der Waals surface area contributed by atoms with Gasteiger partial charge in [-0.15, -0.1) is 0 Å². The molecule has 0 aliphatic carbocycles. The van der Waals surface area contributed by atoms with E-state index < -0.39 is 0 Å². The summed E-state index contributed by atoms with van der Waals surface area (Å²) in [5, 5.41) is 10.8. The van der Waals surface area contributed by atoms with E-state index in [1.54, 1.807) is 0 Å². The Bertz CT molecular complexity index is 310. The van der Waals surface area contributed by atoms with Crippen molar-refractivity contribution in [1.29, 1.82) is 0 Å². The van der Waals surface area contributed by atoms with Crippen LogP contribution in [-0.4, -0.2) is 17.8 Å². The second-order valence-corrected chi connectivity index (χ2v) is 2.40. The summed E-state index contributed by atoms with van der Waals surface area (Å²) in [6, 6.07) is 8.24. The van der Waals surface area contributed by atoms with E-state index >= 15 is 0 Å². The summed E-state index contributed by atoms with van der Waals surface area (Å²) in [4.78, 5) is 8.36. The molecule has 1 aliphatic heterocycles. The van der Waals surface area contributed by atoms with E-state index in [4.69, 9.17) is 9.90 Å². The molecule has 0 spiro atoms. The highest BCUT2D eigenvalue weighted by molar-refractivity contribution is 5.82. The molecule has 68 valence electrons. The average Bonchev–Trinajstić information content (AvgIpc) is 2.19. The normalized spacial score (nSPS) is 11.7. The highest BCUT2D eigenvalue weighted by Crippen LogP contribution is 2.07. The summed E-state index contributed by atoms with van der Waals surface area (Å²) in [6.07, 6.45) is 1.85. The van der Waals surface area contributed by atoms with E-state index in [2.05, 4.69) is 22.7 Å². The maximum Gasteiger partial charge on any atom is 0.290 e. The minimum atomic E-state index is -0.250. The number of nitrogens with one attached hydrogen (secondary N) is 1. The maximum atomic E-state index is 8.36. The molecule has 0 saturated heterocycles. The predicted molar refractivity (Wildman–Crippen MR) is 49.6 cm³/mol. The van der Waals surface area contributed by atoms with Crippen LogP contribution < -0.4 is 5.43 Å². The van der Waals surface area contributed by atoms with E-state index in [-0.39, 0.29) is 6.47 Å². The largest absolute Gasteiger partial charge is 0.483 e. The number of rotatable bonds is 0. The summed E-state index contributed by atoms with van der Waals surface area (Å²) in [7, 11) is 0. The standard InChI is InChI=1S/C8H8N2.CH2O2/c1-2-4-8-6-10-9-5-7(8)3-1;2-1-3/h1-5,10H,6H2;1H,(H,2,3). The van der Waals surface area contributed by atoms with Gasteiger partial charge in [-0.25, -0.2) is 0 Å². The fraction of sp³-hybridized carbons (Fsp3) is 0.111. The molecule has 1 aliphatic rings. The Hall–Kier alpha value is -1.84. The molecule has 0 radical (unpaired) electrons. The highest BCUT2D eigenvalue weighted by atomic mass is 16.3. The number of benzene rings is 1. The van der Waals surface area contributed by atoms with E-state index in [1.165, 1.54) is 11.1 Å². The Morgan fingerprint density at radius 1 is 1.46 bits per heavy atom. The number of carboxylic acid groups (broad SMARTS) is 1. The molecule has 0 atom stereocenters. The number of hydrazone groups is 1. The third-order valence-corrected chi connectivity index (χ3v) is 1.62. The van der Waals surface area contributed by atoms with Gasteiger partial charge < -0.3 is 10.5 Å². The molecule has 13 heavy (non-hydrogen) atoms. The quantitative estimate of drug-likeness (QED) is 0.578. The first-order valence-corrected chi connectivity index (χ1v) is 3.80. The highest BCUT2D eigenvalue weighted by Gasteiger charge is 2.00. The maximum absolute atomic E-state index is 8.36. The first-order valence-electron chi connectivity index (χ1n) is 3.80. The van der Waals surface area contributed by atoms with Gasteiger partial charge >= 0.3 is 0 Å². The molecule has 0 aromatic heterocycles. The molecule has 2 N–H and O–H groups in total. The van der Waals surface area contributed by atoms with Crippen LogP contribution in [0.2, 0.25) is 0 Å². The van der Waals surface area contributed by atoms with Gasteiger partial charge in [0.05, 0.1) is 12.8 Å². The lowest BCUT2D eigenvalue weighted by molar-refractivity contribution is -0.122. The SMILES string of the molecule is C1=NNCc2ccccc21.O=CO. The lowest BCUT2D eigenvalue weighted by Crippen LogP contribution is -2.12. The topological polar surface area (TPSA) is 61.7 Å². The van der Waals surface area contributed by atoms with Gasteiger partial charge in [0.1, 0.15) is 0 Å². The lowest BCUT2D eigenvalue weighted by atomic mass is 10.1. The van der Waals surface area contributed by atoms with Gasteiger partial charge in [0, 0.05) is 0 Å². The Morgan fingerprint density at radius 2 is 2.15 bits per heavy atom. The van der Waals surface area contributed by atoms with Crippen molar-refractivity contribution in [2.75, 3.05) is 0 Å². The smallest absolute Gasteiger partial charge is 0.290 e. The zero-order chi connectivity index (χ0) is 9.52. The van der Waals surface area contributed by atoms with Crippen molar-refractivity contribution in [1.82, 2.24) is 5.43 Å². The number of hydrogen-bond acceptors (Lipinski definition) is 3. The van der Waals surface area contributed by atoms with Crippen LogP contribution in [0.1, 0.15) is 11.1 Å². The molecule has 4 heteroatoms. The Balaban J connectivity index is 0.000000251. The number of nitrogens with zero attached hydrogens (tertiary/aromatic N) is 1. The van der Waals surface area contributed by atoms with Crippen molar-refractivity contribution in [3.05, 3.63) is 35.4 Å². The van der Waals surface area contributed by atoms with Crippen LogP contribution in [0.25, 0.3) is 0 Å². The van der Waals surface area contributed by atoms with Crippen LogP contribution >= 0.6 is 0 Å². The fourth-order valence-electron chi connectivity index (χ4n) is 1.07. The molecular formula is C9H10N2O2. The Labute approximate surface area is 75.9 Å². The van der Waals surface area contributed by atoms with E-state index in [0.29, 0.717) is 0 Å². The zero-order valence-electron chi connectivity index (χ0n) is 6.97. The molecular weight excluding hydrogens is 168 g/mol. The number of carbonyl (C=O) groups is 1. The summed E-state index contributed by atoms with van der Waals surface area (Å²) in [6.45, 7) is 0.604. The second-order valence-electron chi connectivity index (χ2n) is 2.40. The summed E-state index contributed by atoms with van der Waals surface area (Å²) < 4.78 is 0. The average molecular weight is 178 g/mol. The zero-order valence-corrected chi connectivity index (χ0v) is 6.97. The lowest BCUT2D eigenvalue weighted by Gasteiger charge is -2.09. The van der Waals surface area contributed by atoms with Crippen molar-refractivity contribution >= 4 is 12.7 Å². The van der Waals surface area contributed by atoms with Gasteiger partial charge in [-0.3, -0.25) is 4.79 Å². The minimum Gasteiger partial charge on any atom is -0.483 e. The first-order chi connectivity index (χ1) is 6.38. The predicted octanol–water partition coefficient (Wildman–Crippen LogP) is 0.825. The van der Waals surface area contributed by atoms with Crippen LogP contribution in [0.15, 0.2) is 29.4 Å². The summed E-state index contributed by atoms with van der Waals surface area (Å²) >= 11 is 0. The molecule has 0 bridgehead atoms. The van der Waals surface area contributed by atoms with Gasteiger partial charge in [0.25, 0.3) is 6.47 Å². The molecule has 1 aromatic carbocycles. The van der Waals surface area contributed by atoms with Crippen LogP contribution in [-0.2, 0) is 11.3 Å². The van der Waals surface area contributed by atoms with Gasteiger partial charge in [-0.05, 0) is 11.1 Å². The van der Waals surface area contributed by atoms with Crippen LogP contribution in [0, 0.1) is 0 Å². The van der Waals surface area contributed by atoms with Gasteiger partial charge in [-0.1, -0.05) is 24.3 Å². The molecule has 0 fully saturated rings. The van der Waals surface area contributed by atoms with E-state index in [9.17, 15) is 0 Å². The van der Waals surface area contributed by atoms with Crippen LogP contribution in [0.3, 0.4) is 0 Å². The number of hydrogen-bond donors (Lipinski definition) is 2. The van der Waals surface area contributed by atoms with Crippen molar-refractivity contribution < 1.29 is 9.90 Å². The second kappa shape index (κ2) is 4.92. The van der Waals surface area contributed by atoms with E-state index in [0.717, 1.165) is 6.54 Å². The third kappa shape index (κ3) is 2.59. The van der Waals surface area contributed by atoms with Crippen molar-refractivity contribution in [3.8, 4) is 0 Å². The Kier molecular flexibility index (Phi) is 3.50. The molecule has 0 saturated carbocycles. The summed E-state index contributed by atoms with van der Waals surface area (Å²) in [5.74, 6) is 0. The van der Waals surface area contributed by atoms with Crippen LogP contribution in [0.5, 0.6) is 0 Å². The van der Waals surface area contributed by atoms with Crippen LogP contribution in [0.4, 0.5) is 0 Å². The minimum absolute atomic E-state index is 0.250. The molecule has 0 amide bonds.